The molecule has 186 valence electrons. The van der Waals surface area contributed by atoms with Crippen LogP contribution in [0.5, 0.6) is 0 Å². The number of nitrogens with zero attached hydrogens (tertiary/aromatic N) is 5. The zero-order valence-electron chi connectivity index (χ0n) is 20.7. The maximum atomic E-state index is 13.4. The van der Waals surface area contributed by atoms with Crippen LogP contribution in [-0.2, 0) is 11.3 Å². The van der Waals surface area contributed by atoms with Crippen LogP contribution < -0.4 is 0 Å². The van der Waals surface area contributed by atoms with Gasteiger partial charge in [0.15, 0.2) is 0 Å². The minimum Gasteiger partial charge on any atom is -0.340 e. The average Bonchev–Trinajstić information content (AvgIpc) is 3.25. The highest BCUT2D eigenvalue weighted by Gasteiger charge is 2.31. The minimum absolute atomic E-state index is 0.0939. The first-order valence-electron chi connectivity index (χ1n) is 13.1. The first-order valence-corrected chi connectivity index (χ1v) is 13.9. The third kappa shape index (κ3) is 5.63. The molecule has 0 radical (unpaired) electrons. The summed E-state index contributed by atoms with van der Waals surface area (Å²) in [7, 11) is 0. The molecule has 2 aliphatic heterocycles. The number of likely N-dealkylation sites (tertiary alicyclic amines) is 1. The van der Waals surface area contributed by atoms with Crippen LogP contribution in [0.15, 0.2) is 53.0 Å². The Bertz CT molecular complexity index is 1140. The standard InChI is InChI=1S/C28H36BrN5O/c1-2-3-14-31-16-18-33(19-17-31)28(35)22-7-6-15-32(20-22)21-27-30-25-8-4-5-9-26(25)34(27)24-12-10-23(29)11-13-24/h4-5,8-13,22H,2-3,6-7,14-21H2,1H3/t22-/m1/s1. The highest BCUT2D eigenvalue weighted by molar-refractivity contribution is 9.10. The number of halogens is 1. The van der Waals surface area contributed by atoms with Gasteiger partial charge in [0, 0.05) is 42.9 Å². The molecule has 6 nitrogen and oxygen atoms in total. The number of hydrogen-bond donors (Lipinski definition) is 0. The SMILES string of the molecule is CCCCN1CCN(C(=O)[C@@H]2CCCN(Cc3nc4ccccc4n3-c3ccc(Br)cc3)C2)CC1. The highest BCUT2D eigenvalue weighted by Crippen LogP contribution is 2.26. The quantitative estimate of drug-likeness (QED) is 0.428. The van der Waals surface area contributed by atoms with E-state index >= 15 is 0 Å². The number of piperidine rings is 1. The molecule has 2 aliphatic rings. The van der Waals surface area contributed by atoms with Gasteiger partial charge in [-0.05, 0) is 68.8 Å². The van der Waals surface area contributed by atoms with Gasteiger partial charge in [-0.25, -0.2) is 4.98 Å². The number of imidazole rings is 1. The van der Waals surface area contributed by atoms with Gasteiger partial charge in [0.25, 0.3) is 0 Å². The lowest BCUT2D eigenvalue weighted by molar-refractivity contribution is -0.139. The second-order valence-corrected chi connectivity index (χ2v) is 10.8. The van der Waals surface area contributed by atoms with Crippen molar-refractivity contribution in [1.82, 2.24) is 24.3 Å². The number of carbonyl (C=O) groups is 1. The fraction of sp³-hybridized carbons (Fsp3) is 0.500. The Kier molecular flexibility index (Phi) is 7.85. The molecule has 1 aromatic heterocycles. The van der Waals surface area contributed by atoms with Crippen LogP contribution >= 0.6 is 15.9 Å². The maximum absolute atomic E-state index is 13.4. The Morgan fingerprint density at radius 1 is 1.00 bits per heavy atom. The summed E-state index contributed by atoms with van der Waals surface area (Å²) in [5.74, 6) is 1.48. The first-order chi connectivity index (χ1) is 17.1. The summed E-state index contributed by atoms with van der Waals surface area (Å²) in [5.41, 5.74) is 3.24. The summed E-state index contributed by atoms with van der Waals surface area (Å²) in [6.45, 7) is 9.75. The number of carbonyl (C=O) groups excluding carboxylic acids is 1. The molecule has 0 saturated carbocycles. The predicted octanol–water partition coefficient (Wildman–Crippen LogP) is 4.94. The van der Waals surface area contributed by atoms with Crippen molar-refractivity contribution in [1.29, 1.82) is 0 Å². The van der Waals surface area contributed by atoms with Crippen molar-refractivity contribution in [2.24, 2.45) is 5.92 Å². The van der Waals surface area contributed by atoms with Crippen molar-refractivity contribution < 1.29 is 4.79 Å². The zero-order chi connectivity index (χ0) is 24.2. The van der Waals surface area contributed by atoms with E-state index in [1.54, 1.807) is 0 Å². The van der Waals surface area contributed by atoms with E-state index in [4.69, 9.17) is 4.98 Å². The van der Waals surface area contributed by atoms with E-state index in [1.165, 1.54) is 12.8 Å². The fourth-order valence-corrected chi connectivity index (χ4v) is 5.76. The Labute approximate surface area is 217 Å². The molecule has 1 amide bonds. The van der Waals surface area contributed by atoms with Gasteiger partial charge < -0.3 is 4.90 Å². The normalized spacial score (nSPS) is 19.9. The molecule has 2 aromatic carbocycles. The topological polar surface area (TPSA) is 44.6 Å². The van der Waals surface area contributed by atoms with E-state index in [2.05, 4.69) is 84.6 Å². The molecule has 0 bridgehead atoms. The number of para-hydroxylation sites is 2. The Morgan fingerprint density at radius 3 is 2.54 bits per heavy atom. The number of unbranched alkanes of at least 4 members (excludes halogenated alkanes) is 1. The largest absolute Gasteiger partial charge is 0.340 e. The van der Waals surface area contributed by atoms with E-state index in [0.29, 0.717) is 5.91 Å². The lowest BCUT2D eigenvalue weighted by Gasteiger charge is -2.39. The number of hydrogen-bond acceptors (Lipinski definition) is 4. The summed E-state index contributed by atoms with van der Waals surface area (Å²) < 4.78 is 3.33. The molecule has 0 N–H and O–H groups in total. The molecule has 5 rings (SSSR count). The van der Waals surface area contributed by atoms with Gasteiger partial charge >= 0.3 is 0 Å². The second-order valence-electron chi connectivity index (χ2n) is 9.92. The Morgan fingerprint density at radius 2 is 1.77 bits per heavy atom. The summed E-state index contributed by atoms with van der Waals surface area (Å²) in [6, 6.07) is 16.7. The first kappa shape index (κ1) is 24.5. The maximum Gasteiger partial charge on any atom is 0.227 e. The molecule has 2 fully saturated rings. The fourth-order valence-electron chi connectivity index (χ4n) is 5.49. The molecule has 1 atom stereocenters. The van der Waals surface area contributed by atoms with Crippen molar-refractivity contribution in [2.45, 2.75) is 39.2 Å². The van der Waals surface area contributed by atoms with Crippen LogP contribution in [0.1, 0.15) is 38.4 Å². The van der Waals surface area contributed by atoms with Gasteiger partial charge in [-0.2, -0.15) is 0 Å². The minimum atomic E-state index is 0.0939. The number of amides is 1. The smallest absolute Gasteiger partial charge is 0.227 e. The molecule has 0 unspecified atom stereocenters. The van der Waals surface area contributed by atoms with Gasteiger partial charge in [0.05, 0.1) is 23.5 Å². The molecule has 0 spiro atoms. The summed E-state index contributed by atoms with van der Waals surface area (Å²) in [5, 5.41) is 0. The van der Waals surface area contributed by atoms with Crippen LogP contribution in [0.25, 0.3) is 16.7 Å². The van der Waals surface area contributed by atoms with Gasteiger partial charge in [0.1, 0.15) is 5.82 Å². The number of piperazine rings is 1. The lowest BCUT2D eigenvalue weighted by Crippen LogP contribution is -2.52. The van der Waals surface area contributed by atoms with E-state index in [1.807, 2.05) is 6.07 Å². The van der Waals surface area contributed by atoms with Crippen LogP contribution in [0.2, 0.25) is 0 Å². The van der Waals surface area contributed by atoms with Gasteiger partial charge in [0.2, 0.25) is 5.91 Å². The number of aromatic nitrogens is 2. The van der Waals surface area contributed by atoms with Crippen LogP contribution in [0.3, 0.4) is 0 Å². The number of fused-ring (bicyclic) bond motifs is 1. The van der Waals surface area contributed by atoms with Crippen LogP contribution in [0, 0.1) is 5.92 Å². The van der Waals surface area contributed by atoms with Crippen LogP contribution in [0.4, 0.5) is 0 Å². The molecule has 35 heavy (non-hydrogen) atoms. The third-order valence-corrected chi connectivity index (χ3v) is 7.98. The number of benzene rings is 2. The monoisotopic (exact) mass is 537 g/mol. The molecule has 3 heterocycles. The average molecular weight is 539 g/mol. The molecule has 0 aliphatic carbocycles. The van der Waals surface area contributed by atoms with Gasteiger partial charge in [-0.15, -0.1) is 0 Å². The molecular weight excluding hydrogens is 502 g/mol. The zero-order valence-corrected chi connectivity index (χ0v) is 22.3. The summed E-state index contributed by atoms with van der Waals surface area (Å²) in [6.07, 6.45) is 4.53. The van der Waals surface area contributed by atoms with Crippen molar-refractivity contribution in [3.63, 3.8) is 0 Å². The van der Waals surface area contributed by atoms with Crippen molar-refractivity contribution in [3.05, 3.63) is 58.8 Å². The van der Waals surface area contributed by atoms with Crippen molar-refractivity contribution in [3.8, 4) is 5.69 Å². The molecule has 2 saturated heterocycles. The highest BCUT2D eigenvalue weighted by atomic mass is 79.9. The van der Waals surface area contributed by atoms with E-state index in [9.17, 15) is 4.79 Å². The Hall–Kier alpha value is -2.22. The van der Waals surface area contributed by atoms with E-state index < -0.39 is 0 Å². The lowest BCUT2D eigenvalue weighted by atomic mass is 9.96. The van der Waals surface area contributed by atoms with Crippen LogP contribution in [-0.4, -0.2) is 76.0 Å². The van der Waals surface area contributed by atoms with Crippen molar-refractivity contribution >= 4 is 32.9 Å². The molecule has 3 aromatic rings. The van der Waals surface area contributed by atoms with Crippen molar-refractivity contribution in [2.75, 3.05) is 45.8 Å². The van der Waals surface area contributed by atoms with Gasteiger partial charge in [-0.1, -0.05) is 41.4 Å². The molecular formula is C28H36BrN5O. The van der Waals surface area contributed by atoms with Gasteiger partial charge in [-0.3, -0.25) is 19.2 Å². The second kappa shape index (κ2) is 11.2. The summed E-state index contributed by atoms with van der Waals surface area (Å²) in [4.78, 5) is 25.5. The number of rotatable bonds is 7. The molecule has 7 heteroatoms. The van der Waals surface area contributed by atoms with E-state index in [0.717, 1.165) is 92.2 Å². The Balaban J connectivity index is 1.28. The van der Waals surface area contributed by atoms with E-state index in [-0.39, 0.29) is 5.92 Å². The predicted molar refractivity (Wildman–Crippen MR) is 145 cm³/mol. The summed E-state index contributed by atoms with van der Waals surface area (Å²) >= 11 is 3.55. The third-order valence-electron chi connectivity index (χ3n) is 7.45.